The highest BCUT2D eigenvalue weighted by Gasteiger charge is 2.18. The highest BCUT2D eigenvalue weighted by atomic mass is 16.5. The van der Waals surface area contributed by atoms with Crippen molar-refractivity contribution in [3.63, 3.8) is 0 Å². The smallest absolute Gasteiger partial charge is 0.351 e. The average molecular weight is 364 g/mol. The van der Waals surface area contributed by atoms with Gasteiger partial charge in [-0.15, -0.1) is 0 Å². The van der Waals surface area contributed by atoms with Crippen molar-refractivity contribution in [2.24, 2.45) is 0 Å². The first-order chi connectivity index (χ1) is 12.8. The van der Waals surface area contributed by atoms with Crippen LogP contribution in [0, 0.1) is 0 Å². The van der Waals surface area contributed by atoms with E-state index in [1.54, 1.807) is 36.4 Å². The quantitative estimate of drug-likeness (QED) is 0.395. The van der Waals surface area contributed by atoms with E-state index in [1.165, 1.54) is 6.07 Å². The molecule has 3 rings (SSSR count). The van der Waals surface area contributed by atoms with Gasteiger partial charge in [-0.2, -0.15) is 0 Å². The standard InChI is InChI=1S/C22H20O5/c1-22(2,3)16-10-8-14(9-11-16)18(23)13-26-20(24)17-12-15-6-4-5-7-19(15)27-21(17)25/h4-12H,13H2,1-3H3. The SMILES string of the molecule is CC(C)(C)c1ccc(C(=O)COC(=O)c2cc3ccccc3oc2=O)cc1. The molecular weight excluding hydrogens is 344 g/mol. The summed E-state index contributed by atoms with van der Waals surface area (Å²) in [5.41, 5.74) is 0.892. The molecule has 5 heteroatoms. The Hall–Kier alpha value is -3.21. The lowest BCUT2D eigenvalue weighted by molar-refractivity contribution is 0.0470. The minimum atomic E-state index is -0.880. The topological polar surface area (TPSA) is 73.6 Å². The van der Waals surface area contributed by atoms with Crippen LogP contribution >= 0.6 is 0 Å². The van der Waals surface area contributed by atoms with Gasteiger partial charge in [0, 0.05) is 10.9 Å². The summed E-state index contributed by atoms with van der Waals surface area (Å²) in [4.78, 5) is 36.4. The van der Waals surface area contributed by atoms with E-state index in [-0.39, 0.29) is 16.8 Å². The summed E-state index contributed by atoms with van der Waals surface area (Å²) in [5.74, 6) is -1.22. The van der Waals surface area contributed by atoms with E-state index in [2.05, 4.69) is 20.8 Å². The zero-order valence-electron chi connectivity index (χ0n) is 15.4. The Morgan fingerprint density at radius 3 is 2.33 bits per heavy atom. The number of esters is 1. The Kier molecular flexibility index (Phi) is 4.95. The van der Waals surface area contributed by atoms with Gasteiger partial charge in [0.15, 0.2) is 12.4 Å². The molecule has 0 aliphatic heterocycles. The Bertz CT molecular complexity index is 1050. The van der Waals surface area contributed by atoms with Crippen molar-refractivity contribution in [3.05, 3.63) is 81.7 Å². The molecule has 0 spiro atoms. The molecule has 0 aliphatic rings. The second kappa shape index (κ2) is 7.19. The third-order valence-electron chi connectivity index (χ3n) is 4.27. The van der Waals surface area contributed by atoms with Gasteiger partial charge in [-0.1, -0.05) is 63.2 Å². The van der Waals surface area contributed by atoms with Gasteiger partial charge in [0.05, 0.1) is 0 Å². The number of hydrogen-bond acceptors (Lipinski definition) is 5. The second-order valence-electron chi connectivity index (χ2n) is 7.31. The minimum Gasteiger partial charge on any atom is -0.453 e. The largest absolute Gasteiger partial charge is 0.453 e. The number of fused-ring (bicyclic) bond motifs is 1. The molecule has 5 nitrogen and oxygen atoms in total. The van der Waals surface area contributed by atoms with Gasteiger partial charge in [-0.25, -0.2) is 9.59 Å². The molecule has 0 atom stereocenters. The van der Waals surface area contributed by atoms with E-state index >= 15 is 0 Å². The third-order valence-corrected chi connectivity index (χ3v) is 4.27. The molecule has 0 saturated carbocycles. The van der Waals surface area contributed by atoms with Crippen LogP contribution in [-0.2, 0) is 10.2 Å². The first-order valence-electron chi connectivity index (χ1n) is 8.59. The molecule has 27 heavy (non-hydrogen) atoms. The predicted octanol–water partition coefficient (Wildman–Crippen LogP) is 4.13. The van der Waals surface area contributed by atoms with Crippen molar-refractivity contribution in [3.8, 4) is 0 Å². The van der Waals surface area contributed by atoms with E-state index in [4.69, 9.17) is 9.15 Å². The lowest BCUT2D eigenvalue weighted by Crippen LogP contribution is -2.20. The first-order valence-corrected chi connectivity index (χ1v) is 8.59. The number of para-hydroxylation sites is 1. The highest BCUT2D eigenvalue weighted by Crippen LogP contribution is 2.22. The van der Waals surface area contributed by atoms with Crippen molar-refractivity contribution in [2.45, 2.75) is 26.2 Å². The zero-order valence-corrected chi connectivity index (χ0v) is 15.4. The maximum absolute atomic E-state index is 12.3. The molecule has 0 amide bonds. The van der Waals surface area contributed by atoms with Gasteiger partial charge in [0.25, 0.3) is 0 Å². The van der Waals surface area contributed by atoms with Crippen LogP contribution in [0.5, 0.6) is 0 Å². The van der Waals surface area contributed by atoms with Crippen LogP contribution in [0.2, 0.25) is 0 Å². The van der Waals surface area contributed by atoms with E-state index in [1.807, 2.05) is 12.1 Å². The zero-order chi connectivity index (χ0) is 19.6. The molecule has 1 heterocycles. The summed E-state index contributed by atoms with van der Waals surface area (Å²) in [6.45, 7) is 5.81. The number of benzene rings is 2. The number of rotatable bonds is 4. The highest BCUT2D eigenvalue weighted by molar-refractivity contribution is 5.99. The summed E-state index contributed by atoms with van der Waals surface area (Å²) < 4.78 is 10.1. The van der Waals surface area contributed by atoms with Gasteiger partial charge in [0.2, 0.25) is 0 Å². The van der Waals surface area contributed by atoms with E-state index < -0.39 is 18.2 Å². The number of hydrogen-bond donors (Lipinski definition) is 0. The Morgan fingerprint density at radius 2 is 1.67 bits per heavy atom. The van der Waals surface area contributed by atoms with Gasteiger partial charge < -0.3 is 9.15 Å². The van der Waals surface area contributed by atoms with Crippen LogP contribution in [0.1, 0.15) is 47.1 Å². The molecule has 0 unspecified atom stereocenters. The molecule has 0 N–H and O–H groups in total. The van der Waals surface area contributed by atoms with Crippen LogP contribution in [-0.4, -0.2) is 18.4 Å². The van der Waals surface area contributed by atoms with E-state index in [9.17, 15) is 14.4 Å². The number of carbonyl (C=O) groups excluding carboxylic acids is 2. The molecule has 3 aromatic rings. The minimum absolute atomic E-state index is 0.0157. The summed E-state index contributed by atoms with van der Waals surface area (Å²) in [6.07, 6.45) is 0. The molecule has 0 fully saturated rings. The van der Waals surface area contributed by atoms with Crippen molar-refractivity contribution in [1.29, 1.82) is 0 Å². The molecule has 2 aromatic carbocycles. The van der Waals surface area contributed by atoms with Crippen molar-refractivity contribution in [1.82, 2.24) is 0 Å². The summed E-state index contributed by atoms with van der Waals surface area (Å²) >= 11 is 0. The lowest BCUT2D eigenvalue weighted by atomic mass is 9.86. The van der Waals surface area contributed by atoms with Crippen molar-refractivity contribution in [2.75, 3.05) is 6.61 Å². The maximum atomic E-state index is 12.3. The number of ketones is 1. The fraction of sp³-hybridized carbons (Fsp3) is 0.227. The molecule has 138 valence electrons. The summed E-state index contributed by atoms with van der Waals surface area (Å²) in [5, 5.41) is 0.605. The average Bonchev–Trinajstić information content (AvgIpc) is 2.64. The molecule has 1 aromatic heterocycles. The normalized spacial score (nSPS) is 11.4. The van der Waals surface area contributed by atoms with Crippen LogP contribution < -0.4 is 5.63 Å². The van der Waals surface area contributed by atoms with Gasteiger partial charge >= 0.3 is 11.6 Å². The third kappa shape index (κ3) is 4.14. The first kappa shape index (κ1) is 18.6. The summed E-state index contributed by atoms with van der Waals surface area (Å²) in [7, 11) is 0. The lowest BCUT2D eigenvalue weighted by Gasteiger charge is -2.18. The van der Waals surface area contributed by atoms with E-state index in [0.717, 1.165) is 5.56 Å². The van der Waals surface area contributed by atoms with Crippen LogP contribution in [0.4, 0.5) is 0 Å². The molecule has 0 aliphatic carbocycles. The Balaban J connectivity index is 1.71. The van der Waals surface area contributed by atoms with Gasteiger partial charge in [0.1, 0.15) is 11.1 Å². The monoisotopic (exact) mass is 364 g/mol. The van der Waals surface area contributed by atoms with Gasteiger partial charge in [-0.3, -0.25) is 4.79 Å². The predicted molar refractivity (Wildman–Crippen MR) is 102 cm³/mol. The maximum Gasteiger partial charge on any atom is 0.351 e. The van der Waals surface area contributed by atoms with Crippen molar-refractivity contribution < 1.29 is 18.7 Å². The number of Topliss-reactive ketones (excluding diaryl/α,β-unsaturated/α-hetero) is 1. The fourth-order valence-corrected chi connectivity index (χ4v) is 2.65. The molecule has 0 saturated heterocycles. The van der Waals surface area contributed by atoms with Crippen molar-refractivity contribution >= 4 is 22.7 Å². The van der Waals surface area contributed by atoms with Gasteiger partial charge in [-0.05, 0) is 23.1 Å². The Labute approximate surface area is 156 Å². The van der Waals surface area contributed by atoms with E-state index in [0.29, 0.717) is 16.5 Å². The summed E-state index contributed by atoms with van der Waals surface area (Å²) in [6, 6.07) is 15.4. The number of carbonyl (C=O) groups is 2. The number of ether oxygens (including phenoxy) is 1. The second-order valence-corrected chi connectivity index (χ2v) is 7.31. The fourth-order valence-electron chi connectivity index (χ4n) is 2.65. The molecule has 0 bridgehead atoms. The Morgan fingerprint density at radius 1 is 1.00 bits per heavy atom. The van der Waals surface area contributed by atoms with Crippen LogP contribution in [0.15, 0.2) is 63.8 Å². The van der Waals surface area contributed by atoms with Crippen LogP contribution in [0.25, 0.3) is 11.0 Å². The van der Waals surface area contributed by atoms with Crippen LogP contribution in [0.3, 0.4) is 0 Å². The molecular formula is C22H20O5. The molecule has 0 radical (unpaired) electrons.